The van der Waals surface area contributed by atoms with Gasteiger partial charge in [-0.15, -0.1) is 0 Å². The highest BCUT2D eigenvalue weighted by atomic mass is 19.1. The molecule has 4 heteroatoms. The van der Waals surface area contributed by atoms with Crippen molar-refractivity contribution in [1.29, 1.82) is 0 Å². The zero-order chi connectivity index (χ0) is 16.4. The first-order valence-corrected chi connectivity index (χ1v) is 6.94. The summed E-state index contributed by atoms with van der Waals surface area (Å²) >= 11 is 0. The van der Waals surface area contributed by atoms with Crippen LogP contribution in [0.3, 0.4) is 0 Å². The fourth-order valence-electron chi connectivity index (χ4n) is 2.42. The van der Waals surface area contributed by atoms with Crippen LogP contribution in [-0.4, -0.2) is 11.1 Å². The van der Waals surface area contributed by atoms with E-state index < -0.39 is 5.97 Å². The van der Waals surface area contributed by atoms with Crippen LogP contribution >= 0.6 is 0 Å². The first-order chi connectivity index (χ1) is 11.0. The number of rotatable bonds is 3. The van der Waals surface area contributed by atoms with E-state index in [2.05, 4.69) is 0 Å². The van der Waals surface area contributed by atoms with Crippen LogP contribution in [0.25, 0.3) is 22.3 Å². The first kappa shape index (κ1) is 14.9. The van der Waals surface area contributed by atoms with Gasteiger partial charge in [0.15, 0.2) is 0 Å². The molecule has 0 heterocycles. The third kappa shape index (κ3) is 3.11. The van der Waals surface area contributed by atoms with Crippen LogP contribution in [0.1, 0.15) is 10.4 Å². The molecule has 2 nitrogen and oxygen atoms in total. The number of carboxylic acid groups (broad SMARTS) is 1. The zero-order valence-electron chi connectivity index (χ0n) is 12.0. The van der Waals surface area contributed by atoms with Crippen molar-refractivity contribution in [2.24, 2.45) is 0 Å². The Labute approximate surface area is 131 Å². The van der Waals surface area contributed by atoms with Crippen molar-refractivity contribution in [2.75, 3.05) is 0 Å². The number of carboxylic acids is 1. The van der Waals surface area contributed by atoms with E-state index >= 15 is 0 Å². The van der Waals surface area contributed by atoms with E-state index in [1.54, 1.807) is 24.3 Å². The van der Waals surface area contributed by atoms with Crippen LogP contribution in [0.15, 0.2) is 66.7 Å². The second-order valence-corrected chi connectivity index (χ2v) is 5.08. The van der Waals surface area contributed by atoms with E-state index in [0.717, 1.165) is 5.56 Å². The molecule has 0 aliphatic rings. The Morgan fingerprint density at radius 2 is 1.17 bits per heavy atom. The van der Waals surface area contributed by atoms with Gasteiger partial charge in [0.25, 0.3) is 0 Å². The zero-order valence-corrected chi connectivity index (χ0v) is 12.0. The van der Waals surface area contributed by atoms with Crippen molar-refractivity contribution >= 4 is 5.97 Å². The minimum absolute atomic E-state index is 0.110. The first-order valence-electron chi connectivity index (χ1n) is 6.94. The minimum Gasteiger partial charge on any atom is -0.478 e. The maximum Gasteiger partial charge on any atom is 0.336 e. The molecule has 0 fully saturated rings. The molecule has 0 saturated heterocycles. The van der Waals surface area contributed by atoms with Crippen LogP contribution < -0.4 is 0 Å². The monoisotopic (exact) mass is 310 g/mol. The van der Waals surface area contributed by atoms with Crippen molar-refractivity contribution < 1.29 is 18.7 Å². The van der Waals surface area contributed by atoms with Crippen LogP contribution in [0.5, 0.6) is 0 Å². The van der Waals surface area contributed by atoms with Gasteiger partial charge in [-0.2, -0.15) is 0 Å². The van der Waals surface area contributed by atoms with Crippen LogP contribution in [-0.2, 0) is 0 Å². The summed E-state index contributed by atoms with van der Waals surface area (Å²) in [5.41, 5.74) is 2.63. The molecule has 3 aromatic rings. The lowest BCUT2D eigenvalue weighted by atomic mass is 9.95. The maximum atomic E-state index is 13.0. The number of halogens is 2. The van der Waals surface area contributed by atoms with Crippen LogP contribution in [0.2, 0.25) is 0 Å². The molecule has 0 aliphatic heterocycles. The SMILES string of the molecule is O=C(O)c1cc(-c2ccc(F)cc2)ccc1-c1ccc(F)cc1. The standard InChI is InChI=1S/C19H12F2O2/c20-15-6-1-12(2-7-15)14-5-10-17(18(11-14)19(22)23)13-3-8-16(21)9-4-13/h1-11H,(H,22,23). The van der Waals surface area contributed by atoms with E-state index in [4.69, 9.17) is 0 Å². The predicted molar refractivity (Wildman–Crippen MR) is 84.2 cm³/mol. The largest absolute Gasteiger partial charge is 0.478 e. The van der Waals surface area contributed by atoms with Gasteiger partial charge in [-0.05, 0) is 52.6 Å². The van der Waals surface area contributed by atoms with E-state index in [9.17, 15) is 18.7 Å². The number of benzene rings is 3. The van der Waals surface area contributed by atoms with E-state index in [-0.39, 0.29) is 17.2 Å². The second kappa shape index (κ2) is 6.01. The molecule has 0 unspecified atom stereocenters. The van der Waals surface area contributed by atoms with Gasteiger partial charge >= 0.3 is 5.97 Å². The van der Waals surface area contributed by atoms with Crippen molar-refractivity contribution in [3.05, 3.63) is 83.9 Å². The summed E-state index contributed by atoms with van der Waals surface area (Å²) in [5, 5.41) is 9.46. The van der Waals surface area contributed by atoms with Crippen molar-refractivity contribution in [3.63, 3.8) is 0 Å². The van der Waals surface area contributed by atoms with Gasteiger partial charge in [-0.3, -0.25) is 0 Å². The maximum absolute atomic E-state index is 13.0. The van der Waals surface area contributed by atoms with Crippen molar-refractivity contribution in [1.82, 2.24) is 0 Å². The van der Waals surface area contributed by atoms with E-state index in [1.807, 2.05) is 0 Å². The molecule has 0 radical (unpaired) electrons. The summed E-state index contributed by atoms with van der Waals surface area (Å²) in [5.74, 6) is -1.81. The molecule has 0 atom stereocenters. The highest BCUT2D eigenvalue weighted by Gasteiger charge is 2.13. The lowest BCUT2D eigenvalue weighted by Gasteiger charge is -2.10. The highest BCUT2D eigenvalue weighted by molar-refractivity contribution is 5.97. The summed E-state index contributed by atoms with van der Waals surface area (Å²) in [7, 11) is 0. The molecule has 114 valence electrons. The molecule has 23 heavy (non-hydrogen) atoms. The molecule has 3 rings (SSSR count). The van der Waals surface area contributed by atoms with Gasteiger partial charge in [0.05, 0.1) is 5.56 Å². The Morgan fingerprint density at radius 1 is 0.696 bits per heavy atom. The molecule has 1 N–H and O–H groups in total. The molecule has 0 amide bonds. The van der Waals surface area contributed by atoms with Crippen LogP contribution in [0, 0.1) is 11.6 Å². The summed E-state index contributed by atoms with van der Waals surface area (Å²) < 4.78 is 26.0. The van der Waals surface area contributed by atoms with Crippen molar-refractivity contribution in [3.8, 4) is 22.3 Å². The minimum atomic E-state index is -1.08. The third-order valence-electron chi connectivity index (χ3n) is 3.58. The average molecular weight is 310 g/mol. The summed E-state index contributed by atoms with van der Waals surface area (Å²) in [6, 6.07) is 16.4. The summed E-state index contributed by atoms with van der Waals surface area (Å²) in [4.78, 5) is 11.6. The molecular weight excluding hydrogens is 298 g/mol. The lowest BCUT2D eigenvalue weighted by molar-refractivity contribution is 0.0698. The molecule has 0 spiro atoms. The van der Waals surface area contributed by atoms with Gasteiger partial charge < -0.3 is 5.11 Å². The fourth-order valence-corrected chi connectivity index (χ4v) is 2.42. The Bertz CT molecular complexity index is 854. The molecular formula is C19H12F2O2. The average Bonchev–Trinajstić information content (AvgIpc) is 2.56. The number of carbonyl (C=O) groups is 1. The Balaban J connectivity index is 2.10. The van der Waals surface area contributed by atoms with Gasteiger partial charge in [-0.25, -0.2) is 13.6 Å². The summed E-state index contributed by atoms with van der Waals surface area (Å²) in [6.07, 6.45) is 0. The number of aromatic carboxylic acids is 1. The number of hydrogen-bond donors (Lipinski definition) is 1. The van der Waals surface area contributed by atoms with Crippen LogP contribution in [0.4, 0.5) is 8.78 Å². The smallest absolute Gasteiger partial charge is 0.336 e. The van der Waals surface area contributed by atoms with Crippen molar-refractivity contribution in [2.45, 2.75) is 0 Å². The molecule has 0 saturated carbocycles. The normalized spacial score (nSPS) is 10.5. The van der Waals surface area contributed by atoms with Gasteiger partial charge in [0.2, 0.25) is 0 Å². The van der Waals surface area contributed by atoms with Gasteiger partial charge in [-0.1, -0.05) is 36.4 Å². The Kier molecular flexibility index (Phi) is 3.89. The van der Waals surface area contributed by atoms with E-state index in [1.165, 1.54) is 42.5 Å². The second-order valence-electron chi connectivity index (χ2n) is 5.08. The molecule has 3 aromatic carbocycles. The molecule has 0 aliphatic carbocycles. The topological polar surface area (TPSA) is 37.3 Å². The Morgan fingerprint density at radius 3 is 1.70 bits per heavy atom. The highest BCUT2D eigenvalue weighted by Crippen LogP contribution is 2.29. The number of hydrogen-bond acceptors (Lipinski definition) is 1. The fraction of sp³-hybridized carbons (Fsp3) is 0. The lowest BCUT2D eigenvalue weighted by Crippen LogP contribution is -2.00. The Hall–Kier alpha value is -3.01. The summed E-state index contributed by atoms with van der Waals surface area (Å²) in [6.45, 7) is 0. The molecule has 0 aromatic heterocycles. The van der Waals surface area contributed by atoms with Gasteiger partial charge in [0, 0.05) is 0 Å². The van der Waals surface area contributed by atoms with E-state index in [0.29, 0.717) is 16.7 Å². The van der Waals surface area contributed by atoms with Gasteiger partial charge in [0.1, 0.15) is 11.6 Å². The quantitative estimate of drug-likeness (QED) is 0.739. The third-order valence-corrected chi connectivity index (χ3v) is 3.58. The predicted octanol–water partition coefficient (Wildman–Crippen LogP) is 5.00. The molecule has 0 bridgehead atoms.